The average molecular weight is 354 g/mol. The van der Waals surface area contributed by atoms with Gasteiger partial charge in [-0.1, -0.05) is 23.4 Å². The van der Waals surface area contributed by atoms with Crippen molar-refractivity contribution in [3.8, 4) is 0 Å². The van der Waals surface area contributed by atoms with Crippen molar-refractivity contribution in [2.24, 2.45) is 0 Å². The van der Waals surface area contributed by atoms with Gasteiger partial charge in [-0.25, -0.2) is 9.78 Å². The van der Waals surface area contributed by atoms with E-state index in [9.17, 15) is 9.59 Å². The lowest BCUT2D eigenvalue weighted by molar-refractivity contribution is -0.130. The molecule has 0 atom stereocenters. The second-order valence-corrected chi connectivity index (χ2v) is 7.29. The number of nitrogens with zero attached hydrogens (tertiary/aromatic N) is 2. The highest BCUT2D eigenvalue weighted by molar-refractivity contribution is 7.99. The molecule has 0 saturated carbocycles. The van der Waals surface area contributed by atoms with Crippen molar-refractivity contribution in [2.45, 2.75) is 31.0 Å². The minimum atomic E-state index is -0.816. The van der Waals surface area contributed by atoms with Gasteiger partial charge in [0.05, 0.1) is 0 Å². The van der Waals surface area contributed by atoms with Crippen LogP contribution in [-0.4, -0.2) is 39.7 Å². The molecule has 0 aliphatic carbocycles. The summed E-state index contributed by atoms with van der Waals surface area (Å²) in [6.45, 7) is 3.78. The molecule has 1 saturated heterocycles. The topological polar surface area (TPSA) is 75.4 Å². The number of oxazole rings is 1. The molecule has 0 radical (unpaired) electrons. The Morgan fingerprint density at radius 3 is 2.87 bits per heavy atom. The van der Waals surface area contributed by atoms with Gasteiger partial charge in [-0.3, -0.25) is 9.69 Å². The molecule has 1 aliphatic heterocycles. The number of imide groups is 1. The van der Waals surface area contributed by atoms with Crippen molar-refractivity contribution < 1.29 is 14.0 Å². The van der Waals surface area contributed by atoms with Crippen molar-refractivity contribution in [3.05, 3.63) is 23.2 Å². The molecule has 1 N–H and O–H groups in total. The average Bonchev–Trinajstić information content (AvgIpc) is 2.95. The molecule has 0 unspecified atom stereocenters. The second kappa shape index (κ2) is 6.05. The van der Waals surface area contributed by atoms with Gasteiger partial charge in [0.25, 0.3) is 11.1 Å². The van der Waals surface area contributed by atoms with Crippen LogP contribution in [0.5, 0.6) is 0 Å². The maximum atomic E-state index is 12.0. The number of carbonyl (C=O) groups is 2. The second-order valence-electron chi connectivity index (χ2n) is 5.81. The molecule has 1 aromatic heterocycles. The van der Waals surface area contributed by atoms with Crippen molar-refractivity contribution >= 4 is 46.4 Å². The van der Waals surface area contributed by atoms with Crippen molar-refractivity contribution in [2.75, 3.05) is 12.3 Å². The van der Waals surface area contributed by atoms with E-state index in [1.807, 2.05) is 0 Å². The zero-order valence-corrected chi connectivity index (χ0v) is 14.3. The Kier molecular flexibility index (Phi) is 4.25. The maximum absolute atomic E-state index is 12.0. The van der Waals surface area contributed by atoms with Crippen molar-refractivity contribution in [3.63, 3.8) is 0 Å². The number of hydrogen-bond donors (Lipinski definition) is 1. The van der Waals surface area contributed by atoms with Crippen molar-refractivity contribution in [1.82, 2.24) is 15.2 Å². The summed E-state index contributed by atoms with van der Waals surface area (Å²) in [5.74, 6) is 0.502. The van der Waals surface area contributed by atoms with E-state index in [-0.39, 0.29) is 11.9 Å². The van der Waals surface area contributed by atoms with Gasteiger partial charge in [0.15, 0.2) is 5.58 Å². The molecule has 8 heteroatoms. The third-order valence-electron chi connectivity index (χ3n) is 3.53. The van der Waals surface area contributed by atoms with E-state index in [1.54, 1.807) is 32.0 Å². The quantitative estimate of drug-likeness (QED) is 0.507. The summed E-state index contributed by atoms with van der Waals surface area (Å²) >= 11 is 7.36. The van der Waals surface area contributed by atoms with Gasteiger partial charge in [-0.05, 0) is 38.5 Å². The molecular weight excluding hydrogens is 338 g/mol. The van der Waals surface area contributed by atoms with Crippen LogP contribution in [0.3, 0.4) is 0 Å². The Hall–Kier alpha value is -1.73. The lowest BCUT2D eigenvalue weighted by atomic mass is 10.1. The highest BCUT2D eigenvalue weighted by atomic mass is 35.5. The summed E-state index contributed by atoms with van der Waals surface area (Å²) in [4.78, 5) is 29.4. The van der Waals surface area contributed by atoms with E-state index in [0.717, 1.165) is 5.52 Å². The monoisotopic (exact) mass is 353 g/mol. The number of fused-ring (bicyclic) bond motifs is 1. The standard InChI is InChI=1S/C15H16ClN3O3S/c1-15(2)12(20)19(13(21)18-15)6-3-7-23-14-17-10-8-9(16)4-5-11(10)22-14/h4-5,8H,3,6-7H2,1-2H3,(H,18,21). The molecular formula is C15H16ClN3O3S. The lowest BCUT2D eigenvalue weighted by Crippen LogP contribution is -2.40. The normalized spacial score (nSPS) is 17.1. The number of halogens is 1. The number of aromatic nitrogens is 1. The number of benzene rings is 1. The predicted octanol–water partition coefficient (Wildman–Crippen LogP) is 3.29. The summed E-state index contributed by atoms with van der Waals surface area (Å²) in [7, 11) is 0. The van der Waals surface area contributed by atoms with Crippen LogP contribution in [0.2, 0.25) is 5.02 Å². The van der Waals surface area contributed by atoms with Gasteiger partial charge >= 0.3 is 6.03 Å². The van der Waals surface area contributed by atoms with Crippen LogP contribution < -0.4 is 5.32 Å². The molecule has 2 aromatic rings. The zero-order valence-electron chi connectivity index (χ0n) is 12.8. The first-order chi connectivity index (χ1) is 10.9. The lowest BCUT2D eigenvalue weighted by Gasteiger charge is -2.15. The van der Waals surface area contributed by atoms with E-state index >= 15 is 0 Å². The number of thioether (sulfide) groups is 1. The fourth-order valence-corrected chi connectivity index (χ4v) is 3.27. The van der Waals surface area contributed by atoms with Gasteiger partial charge in [-0.2, -0.15) is 0 Å². The highest BCUT2D eigenvalue weighted by Crippen LogP contribution is 2.26. The Morgan fingerprint density at radius 1 is 1.39 bits per heavy atom. The van der Waals surface area contributed by atoms with Crippen LogP contribution in [-0.2, 0) is 4.79 Å². The Labute approximate surface area is 142 Å². The number of nitrogens with one attached hydrogen (secondary N) is 1. The van der Waals surface area contributed by atoms with Crippen LogP contribution in [0, 0.1) is 0 Å². The molecule has 23 heavy (non-hydrogen) atoms. The van der Waals surface area contributed by atoms with Crippen LogP contribution in [0.4, 0.5) is 4.79 Å². The van der Waals surface area contributed by atoms with Crippen molar-refractivity contribution in [1.29, 1.82) is 0 Å². The molecule has 122 valence electrons. The number of hydrogen-bond acceptors (Lipinski definition) is 5. The fourth-order valence-electron chi connectivity index (χ4n) is 2.34. The molecule has 0 bridgehead atoms. The summed E-state index contributed by atoms with van der Waals surface area (Å²) in [5.41, 5.74) is 0.590. The fraction of sp³-hybridized carbons (Fsp3) is 0.400. The third-order valence-corrected chi connectivity index (χ3v) is 4.68. The first-order valence-corrected chi connectivity index (χ1v) is 8.56. The first-order valence-electron chi connectivity index (χ1n) is 7.20. The van der Waals surface area contributed by atoms with Crippen LogP contribution in [0.1, 0.15) is 20.3 Å². The van der Waals surface area contributed by atoms with E-state index in [4.69, 9.17) is 16.0 Å². The van der Waals surface area contributed by atoms with Crippen LogP contribution in [0.15, 0.2) is 27.8 Å². The van der Waals surface area contributed by atoms with E-state index in [0.29, 0.717) is 34.5 Å². The molecule has 0 spiro atoms. The zero-order chi connectivity index (χ0) is 16.6. The van der Waals surface area contributed by atoms with E-state index < -0.39 is 5.54 Å². The highest BCUT2D eigenvalue weighted by Gasteiger charge is 2.43. The number of rotatable bonds is 5. The van der Waals surface area contributed by atoms with Gasteiger partial charge in [0, 0.05) is 17.3 Å². The summed E-state index contributed by atoms with van der Waals surface area (Å²) in [6.07, 6.45) is 0.666. The van der Waals surface area contributed by atoms with Gasteiger partial charge in [-0.15, -0.1) is 0 Å². The summed E-state index contributed by atoms with van der Waals surface area (Å²) < 4.78 is 5.60. The third kappa shape index (κ3) is 3.30. The van der Waals surface area contributed by atoms with E-state index in [2.05, 4.69) is 10.3 Å². The molecule has 1 fully saturated rings. The Balaban J connectivity index is 1.53. The molecule has 3 rings (SSSR count). The maximum Gasteiger partial charge on any atom is 0.325 e. The SMILES string of the molecule is CC1(C)NC(=O)N(CCCSc2nc3cc(Cl)ccc3o2)C1=O. The molecule has 6 nitrogen and oxygen atoms in total. The van der Waals surface area contributed by atoms with E-state index in [1.165, 1.54) is 16.7 Å². The number of carbonyl (C=O) groups excluding carboxylic acids is 2. The largest absolute Gasteiger partial charge is 0.431 e. The predicted molar refractivity (Wildman–Crippen MR) is 88.7 cm³/mol. The van der Waals surface area contributed by atoms with Gasteiger partial charge in [0.2, 0.25) is 0 Å². The summed E-state index contributed by atoms with van der Waals surface area (Å²) in [6, 6.07) is 4.95. The number of amides is 3. The molecule has 2 heterocycles. The minimum absolute atomic E-state index is 0.191. The first kappa shape index (κ1) is 16.1. The molecule has 1 aliphatic rings. The summed E-state index contributed by atoms with van der Waals surface area (Å²) in [5, 5.41) is 3.83. The van der Waals surface area contributed by atoms with Crippen LogP contribution >= 0.6 is 23.4 Å². The van der Waals surface area contributed by atoms with Gasteiger partial charge in [0.1, 0.15) is 11.1 Å². The Morgan fingerprint density at radius 2 is 2.17 bits per heavy atom. The minimum Gasteiger partial charge on any atom is -0.431 e. The van der Waals surface area contributed by atoms with Gasteiger partial charge < -0.3 is 9.73 Å². The molecule has 1 aromatic carbocycles. The number of urea groups is 1. The Bertz CT molecular complexity index is 774. The smallest absolute Gasteiger partial charge is 0.325 e. The van der Waals surface area contributed by atoms with Crippen LogP contribution in [0.25, 0.3) is 11.1 Å². The molecule has 3 amide bonds.